The van der Waals surface area contributed by atoms with Crippen molar-refractivity contribution in [2.45, 2.75) is 107 Å². The minimum absolute atomic E-state index is 0.00842. The van der Waals surface area contributed by atoms with Crippen LogP contribution in [0.5, 0.6) is 0 Å². The summed E-state index contributed by atoms with van der Waals surface area (Å²) in [5.74, 6) is 0.359. The van der Waals surface area contributed by atoms with Crippen LogP contribution in [0.3, 0.4) is 0 Å². The van der Waals surface area contributed by atoms with Crippen molar-refractivity contribution in [3.8, 4) is 11.3 Å². The number of hydrogen-bond donors (Lipinski definition) is 2. The van der Waals surface area contributed by atoms with Crippen LogP contribution in [0.25, 0.3) is 11.3 Å². The summed E-state index contributed by atoms with van der Waals surface area (Å²) in [7, 11) is -8.59. The van der Waals surface area contributed by atoms with Gasteiger partial charge in [-0.3, -0.25) is 0 Å². The van der Waals surface area contributed by atoms with E-state index in [9.17, 15) is 30.0 Å². The second-order valence-electron chi connectivity index (χ2n) is 11.8. The first-order valence-electron chi connectivity index (χ1n) is 12.6. The number of aromatic nitrogens is 1. The predicted molar refractivity (Wildman–Crippen MR) is 142 cm³/mol. The van der Waals surface area contributed by atoms with Crippen LogP contribution >= 0.6 is 0 Å². The Morgan fingerprint density at radius 3 is 2.03 bits per heavy atom. The van der Waals surface area contributed by atoms with E-state index < -0.39 is 37.2 Å². The van der Waals surface area contributed by atoms with Gasteiger partial charge in [-0.05, 0) is 74.3 Å². The number of primary sulfonamides is 1. The summed E-state index contributed by atoms with van der Waals surface area (Å²) in [5, 5.41) is 5.50. The molecule has 7 nitrogen and oxygen atoms in total. The SMILES string of the molecule is Cc1c(S(N)(=O)=O)cc(-c2ccc(S(=O)(=O)NC(C)(C)C(F)(F)F)c(C(C)(C)C)c2)n1CC1CCCCC1. The molecule has 1 fully saturated rings. The number of alkyl halides is 3. The van der Waals surface area contributed by atoms with Gasteiger partial charge in [0.15, 0.2) is 0 Å². The van der Waals surface area contributed by atoms with E-state index in [1.54, 1.807) is 38.5 Å². The highest BCUT2D eigenvalue weighted by Gasteiger charge is 2.50. The van der Waals surface area contributed by atoms with Gasteiger partial charge >= 0.3 is 6.18 Å². The third kappa shape index (κ3) is 6.46. The van der Waals surface area contributed by atoms with Crippen LogP contribution in [0.4, 0.5) is 13.2 Å². The Kier molecular flexibility index (Phi) is 8.27. The minimum atomic E-state index is -4.80. The molecule has 1 saturated carbocycles. The van der Waals surface area contributed by atoms with Crippen LogP contribution in [0.15, 0.2) is 34.1 Å². The highest BCUT2D eigenvalue weighted by atomic mass is 32.2. The van der Waals surface area contributed by atoms with Crippen molar-refractivity contribution in [2.24, 2.45) is 11.1 Å². The first-order chi connectivity index (χ1) is 17.1. The van der Waals surface area contributed by atoms with Crippen LogP contribution < -0.4 is 9.86 Å². The minimum Gasteiger partial charge on any atom is -0.343 e. The van der Waals surface area contributed by atoms with Gasteiger partial charge in [0, 0.05) is 17.9 Å². The smallest absolute Gasteiger partial charge is 0.343 e. The lowest BCUT2D eigenvalue weighted by atomic mass is 9.85. The Hall–Kier alpha value is -1.89. The normalized spacial score (nSPS) is 16.7. The van der Waals surface area contributed by atoms with Crippen LogP contribution in [0, 0.1) is 12.8 Å². The van der Waals surface area contributed by atoms with E-state index in [1.807, 2.05) is 4.57 Å². The van der Waals surface area contributed by atoms with Gasteiger partial charge in [-0.2, -0.15) is 17.9 Å². The van der Waals surface area contributed by atoms with E-state index in [2.05, 4.69) is 0 Å². The average molecular weight is 578 g/mol. The molecule has 38 heavy (non-hydrogen) atoms. The van der Waals surface area contributed by atoms with Gasteiger partial charge in [-0.1, -0.05) is 46.1 Å². The van der Waals surface area contributed by atoms with E-state index in [1.165, 1.54) is 24.6 Å². The summed E-state index contributed by atoms with van der Waals surface area (Å²) in [5.41, 5.74) is -1.53. The topological polar surface area (TPSA) is 111 Å². The molecular formula is C26H38F3N3O4S2. The van der Waals surface area contributed by atoms with Crippen molar-refractivity contribution in [3.63, 3.8) is 0 Å². The molecule has 1 heterocycles. The third-order valence-electron chi connectivity index (χ3n) is 7.26. The van der Waals surface area contributed by atoms with E-state index in [0.29, 0.717) is 35.0 Å². The van der Waals surface area contributed by atoms with Gasteiger partial charge in [0.1, 0.15) is 10.4 Å². The standard InChI is InChI=1S/C26H38F3N3O4S2/c1-17-23(37(30,33)34)15-21(32(17)16-18-10-8-7-9-11-18)19-12-13-22(20(14-19)24(2,3)4)38(35,36)31-25(5,6)26(27,28)29/h12-15,18,31H,7-11,16H2,1-6H3,(H2,30,33,34). The zero-order valence-electron chi connectivity index (χ0n) is 22.7. The van der Waals surface area contributed by atoms with Crippen molar-refractivity contribution in [1.29, 1.82) is 0 Å². The maximum Gasteiger partial charge on any atom is 0.407 e. The van der Waals surface area contributed by atoms with Gasteiger partial charge in [0.05, 0.1) is 4.90 Å². The molecule has 0 saturated heterocycles. The highest BCUT2D eigenvalue weighted by Crippen LogP contribution is 2.38. The van der Waals surface area contributed by atoms with Gasteiger partial charge in [0.2, 0.25) is 20.0 Å². The van der Waals surface area contributed by atoms with Crippen LogP contribution in [0.2, 0.25) is 0 Å². The molecule has 1 aliphatic carbocycles. The second-order valence-corrected chi connectivity index (χ2v) is 15.0. The third-order valence-corrected chi connectivity index (χ3v) is 10.0. The summed E-state index contributed by atoms with van der Waals surface area (Å²) in [4.78, 5) is -0.272. The molecule has 1 aromatic carbocycles. The van der Waals surface area contributed by atoms with Gasteiger partial charge in [-0.15, -0.1) is 0 Å². The second kappa shape index (κ2) is 10.3. The molecular weight excluding hydrogens is 539 g/mol. The Morgan fingerprint density at radius 1 is 0.947 bits per heavy atom. The monoisotopic (exact) mass is 577 g/mol. The maximum atomic E-state index is 13.5. The zero-order valence-corrected chi connectivity index (χ0v) is 24.4. The Bertz CT molecular complexity index is 1400. The molecule has 0 spiro atoms. The molecule has 0 amide bonds. The number of sulfonamides is 2. The maximum absolute atomic E-state index is 13.5. The van der Waals surface area contributed by atoms with Crippen LogP contribution in [-0.4, -0.2) is 33.1 Å². The molecule has 214 valence electrons. The number of halogens is 3. The fourth-order valence-electron chi connectivity index (χ4n) is 4.97. The molecule has 0 atom stereocenters. The first-order valence-corrected chi connectivity index (χ1v) is 15.7. The van der Waals surface area contributed by atoms with E-state index in [-0.39, 0.29) is 9.79 Å². The van der Waals surface area contributed by atoms with E-state index >= 15 is 0 Å². The Morgan fingerprint density at radius 2 is 1.53 bits per heavy atom. The van der Waals surface area contributed by atoms with Crippen molar-refractivity contribution < 1.29 is 30.0 Å². The molecule has 0 radical (unpaired) electrons. The number of nitrogens with two attached hydrogens (primary N) is 1. The van der Waals surface area contributed by atoms with Crippen molar-refractivity contribution in [2.75, 3.05) is 0 Å². The lowest BCUT2D eigenvalue weighted by Gasteiger charge is -2.30. The molecule has 3 rings (SSSR count). The van der Waals surface area contributed by atoms with E-state index in [4.69, 9.17) is 5.14 Å². The molecule has 2 aromatic rings. The summed E-state index contributed by atoms with van der Waals surface area (Å²) >= 11 is 0. The molecule has 0 bridgehead atoms. The largest absolute Gasteiger partial charge is 0.407 e. The molecule has 3 N–H and O–H groups in total. The molecule has 1 aliphatic rings. The van der Waals surface area contributed by atoms with Gasteiger partial charge < -0.3 is 4.57 Å². The summed E-state index contributed by atoms with van der Waals surface area (Å²) in [6, 6.07) is 5.90. The lowest BCUT2D eigenvalue weighted by molar-refractivity contribution is -0.180. The Labute approximate surface area is 224 Å². The molecule has 0 unspecified atom stereocenters. The van der Waals surface area contributed by atoms with Crippen LogP contribution in [0.1, 0.15) is 78.0 Å². The number of rotatable bonds is 7. The zero-order chi connectivity index (χ0) is 28.9. The average Bonchev–Trinajstić information content (AvgIpc) is 3.08. The Balaban J connectivity index is 2.19. The number of benzene rings is 1. The van der Waals surface area contributed by atoms with E-state index in [0.717, 1.165) is 39.5 Å². The highest BCUT2D eigenvalue weighted by molar-refractivity contribution is 7.89. The molecule has 12 heteroatoms. The molecule has 0 aliphatic heterocycles. The fourth-order valence-corrected chi connectivity index (χ4v) is 7.57. The quantitative estimate of drug-likeness (QED) is 0.446. The summed E-state index contributed by atoms with van der Waals surface area (Å²) in [6.07, 6.45) is 0.610. The van der Waals surface area contributed by atoms with Crippen LogP contribution in [-0.2, 0) is 32.0 Å². The first kappa shape index (κ1) is 30.6. The van der Waals surface area contributed by atoms with Crippen molar-refractivity contribution in [3.05, 3.63) is 35.5 Å². The summed E-state index contributed by atoms with van der Waals surface area (Å²) in [6.45, 7) is 9.12. The fraction of sp³-hybridized carbons (Fsp3) is 0.615. The number of nitrogens with zero attached hydrogens (tertiary/aromatic N) is 1. The number of nitrogens with one attached hydrogen (secondary N) is 1. The van der Waals surface area contributed by atoms with Crippen molar-refractivity contribution >= 4 is 20.0 Å². The summed E-state index contributed by atoms with van der Waals surface area (Å²) < 4.78 is 95.3. The van der Waals surface area contributed by atoms with Gasteiger partial charge in [-0.25, -0.2) is 22.0 Å². The van der Waals surface area contributed by atoms with Crippen molar-refractivity contribution in [1.82, 2.24) is 9.29 Å². The predicted octanol–water partition coefficient (Wildman–Crippen LogP) is 5.61. The lowest BCUT2D eigenvalue weighted by Crippen LogP contribution is -2.54. The molecule has 1 aromatic heterocycles. The number of hydrogen-bond acceptors (Lipinski definition) is 4. The van der Waals surface area contributed by atoms with Gasteiger partial charge in [0.25, 0.3) is 0 Å².